The molecule has 0 radical (unpaired) electrons. The van der Waals surface area contributed by atoms with Crippen LogP contribution in [-0.2, 0) is 18.9 Å². The summed E-state index contributed by atoms with van der Waals surface area (Å²) in [7, 11) is 3.69. The average Bonchev–Trinajstić information content (AvgIpc) is 2.93. The van der Waals surface area contributed by atoms with Crippen LogP contribution in [0.4, 0.5) is 11.4 Å². The largest absolute Gasteiger partial charge is 0.344 e. The molecule has 0 spiro atoms. The fourth-order valence-corrected chi connectivity index (χ4v) is 2.59. The van der Waals surface area contributed by atoms with Crippen LogP contribution in [0.15, 0.2) is 24.5 Å². The predicted molar refractivity (Wildman–Crippen MR) is 95.0 cm³/mol. The summed E-state index contributed by atoms with van der Waals surface area (Å²) >= 11 is 2.20. The van der Waals surface area contributed by atoms with Crippen LogP contribution < -0.4 is 10.6 Å². The van der Waals surface area contributed by atoms with Gasteiger partial charge in [0.25, 0.3) is 5.91 Å². The molecule has 7 heteroatoms. The molecule has 0 bridgehead atoms. The van der Waals surface area contributed by atoms with E-state index in [1.807, 2.05) is 30.8 Å². The van der Waals surface area contributed by atoms with Crippen molar-refractivity contribution in [2.24, 2.45) is 14.1 Å². The minimum atomic E-state index is -0.208. The van der Waals surface area contributed by atoms with Crippen molar-refractivity contribution in [3.8, 4) is 0 Å². The SMILES string of the molecule is CCCC(=O)Nc1cc(C(=O)Nc2cc(I)n(C)c2)n(C)c1. The Morgan fingerprint density at radius 2 is 1.73 bits per heavy atom. The van der Waals surface area contributed by atoms with Gasteiger partial charge in [-0.3, -0.25) is 9.59 Å². The van der Waals surface area contributed by atoms with E-state index in [1.165, 1.54) is 0 Å². The molecule has 22 heavy (non-hydrogen) atoms. The van der Waals surface area contributed by atoms with Gasteiger partial charge in [0, 0.05) is 32.9 Å². The highest BCUT2D eigenvalue weighted by atomic mass is 127. The second kappa shape index (κ2) is 6.99. The molecule has 0 aliphatic carbocycles. The minimum absolute atomic E-state index is 0.0438. The van der Waals surface area contributed by atoms with Crippen molar-refractivity contribution < 1.29 is 9.59 Å². The summed E-state index contributed by atoms with van der Waals surface area (Å²) in [4.78, 5) is 23.9. The van der Waals surface area contributed by atoms with E-state index < -0.39 is 0 Å². The van der Waals surface area contributed by atoms with E-state index in [-0.39, 0.29) is 11.8 Å². The lowest BCUT2D eigenvalue weighted by Gasteiger charge is -2.03. The Labute approximate surface area is 143 Å². The van der Waals surface area contributed by atoms with Crippen molar-refractivity contribution in [1.82, 2.24) is 9.13 Å². The molecule has 0 aliphatic heterocycles. The molecule has 2 aromatic heterocycles. The summed E-state index contributed by atoms with van der Waals surface area (Å²) in [5.74, 6) is -0.252. The van der Waals surface area contributed by atoms with Crippen LogP contribution >= 0.6 is 22.6 Å². The Hall–Kier alpha value is -1.77. The normalized spacial score (nSPS) is 10.5. The molecule has 0 saturated carbocycles. The number of carbonyl (C=O) groups is 2. The van der Waals surface area contributed by atoms with E-state index in [4.69, 9.17) is 0 Å². The zero-order chi connectivity index (χ0) is 16.3. The van der Waals surface area contributed by atoms with Gasteiger partial charge in [0.05, 0.1) is 15.1 Å². The standard InChI is InChI=1S/C15H19IN4O2/c1-4-5-14(21)17-10-6-12(19(2)8-10)15(22)18-11-7-13(16)20(3)9-11/h6-9H,4-5H2,1-3H3,(H,17,21)(H,18,22). The highest BCUT2D eigenvalue weighted by Gasteiger charge is 2.14. The van der Waals surface area contributed by atoms with Gasteiger partial charge in [-0.05, 0) is 41.1 Å². The van der Waals surface area contributed by atoms with Crippen LogP contribution in [-0.4, -0.2) is 20.9 Å². The lowest BCUT2D eigenvalue weighted by molar-refractivity contribution is -0.116. The third-order valence-corrected chi connectivity index (χ3v) is 4.27. The third-order valence-electron chi connectivity index (χ3n) is 3.20. The van der Waals surface area contributed by atoms with Crippen molar-refractivity contribution in [3.63, 3.8) is 0 Å². The van der Waals surface area contributed by atoms with Gasteiger partial charge in [0.2, 0.25) is 5.91 Å². The highest BCUT2D eigenvalue weighted by molar-refractivity contribution is 14.1. The molecule has 2 aromatic rings. The molecule has 0 fully saturated rings. The maximum atomic E-state index is 12.3. The number of nitrogens with one attached hydrogen (secondary N) is 2. The molecule has 2 rings (SSSR count). The Kier molecular flexibility index (Phi) is 5.28. The van der Waals surface area contributed by atoms with E-state index in [2.05, 4.69) is 33.2 Å². The van der Waals surface area contributed by atoms with Crippen molar-refractivity contribution in [2.45, 2.75) is 19.8 Å². The zero-order valence-corrected chi connectivity index (χ0v) is 15.0. The molecular weight excluding hydrogens is 395 g/mol. The van der Waals surface area contributed by atoms with Crippen LogP contribution in [0.2, 0.25) is 0 Å². The maximum absolute atomic E-state index is 12.3. The van der Waals surface area contributed by atoms with Gasteiger partial charge >= 0.3 is 0 Å². The zero-order valence-electron chi connectivity index (χ0n) is 12.8. The number of aryl methyl sites for hydroxylation is 2. The summed E-state index contributed by atoms with van der Waals surface area (Å²) in [6, 6.07) is 3.57. The number of hydrogen-bond donors (Lipinski definition) is 2. The number of amides is 2. The molecule has 0 aliphatic rings. The number of aromatic nitrogens is 2. The molecule has 0 unspecified atom stereocenters. The van der Waals surface area contributed by atoms with E-state index >= 15 is 0 Å². The van der Waals surface area contributed by atoms with Gasteiger partial charge in [0.15, 0.2) is 0 Å². The van der Waals surface area contributed by atoms with E-state index in [1.54, 1.807) is 23.9 Å². The van der Waals surface area contributed by atoms with Gasteiger partial charge in [0.1, 0.15) is 5.69 Å². The Bertz CT molecular complexity index is 683. The third kappa shape index (κ3) is 3.90. The van der Waals surface area contributed by atoms with Crippen molar-refractivity contribution in [2.75, 3.05) is 10.6 Å². The molecular formula is C15H19IN4O2. The number of carbonyl (C=O) groups excluding carboxylic acids is 2. The smallest absolute Gasteiger partial charge is 0.272 e. The minimum Gasteiger partial charge on any atom is -0.344 e. The van der Waals surface area contributed by atoms with Crippen LogP contribution in [0.3, 0.4) is 0 Å². The van der Waals surface area contributed by atoms with Gasteiger partial charge in [-0.25, -0.2) is 0 Å². The molecule has 0 atom stereocenters. The van der Waals surface area contributed by atoms with Crippen molar-refractivity contribution >= 4 is 45.8 Å². The molecule has 2 amide bonds. The molecule has 118 valence electrons. The number of rotatable bonds is 5. The number of halogens is 1. The fraction of sp³-hybridized carbons (Fsp3) is 0.333. The van der Waals surface area contributed by atoms with Gasteiger partial charge in [-0.15, -0.1) is 0 Å². The lowest BCUT2D eigenvalue weighted by Crippen LogP contribution is -2.14. The second-order valence-corrected chi connectivity index (χ2v) is 6.24. The molecule has 0 aromatic carbocycles. The first kappa shape index (κ1) is 16.6. The van der Waals surface area contributed by atoms with Gasteiger partial charge in [-0.1, -0.05) is 6.92 Å². The number of nitrogens with zero attached hydrogens (tertiary/aromatic N) is 2. The van der Waals surface area contributed by atoms with E-state index in [0.29, 0.717) is 17.8 Å². The Morgan fingerprint density at radius 1 is 1.09 bits per heavy atom. The first-order valence-corrected chi connectivity index (χ1v) is 8.08. The predicted octanol–water partition coefficient (Wildman–Crippen LogP) is 2.96. The van der Waals surface area contributed by atoms with Crippen molar-refractivity contribution in [1.29, 1.82) is 0 Å². The highest BCUT2D eigenvalue weighted by Crippen LogP contribution is 2.18. The van der Waals surface area contributed by atoms with Crippen LogP contribution in [0, 0.1) is 3.70 Å². The first-order chi connectivity index (χ1) is 10.4. The van der Waals surface area contributed by atoms with Gasteiger partial charge < -0.3 is 19.8 Å². The monoisotopic (exact) mass is 414 g/mol. The summed E-state index contributed by atoms with van der Waals surface area (Å²) in [6.45, 7) is 1.95. The van der Waals surface area contributed by atoms with Crippen LogP contribution in [0.5, 0.6) is 0 Å². The summed E-state index contributed by atoms with van der Waals surface area (Å²) < 4.78 is 4.66. The quantitative estimate of drug-likeness (QED) is 0.739. The summed E-state index contributed by atoms with van der Waals surface area (Å²) in [5.41, 5.74) is 1.87. The molecule has 6 nitrogen and oxygen atoms in total. The van der Waals surface area contributed by atoms with E-state index in [9.17, 15) is 9.59 Å². The molecule has 2 heterocycles. The maximum Gasteiger partial charge on any atom is 0.272 e. The number of hydrogen-bond acceptors (Lipinski definition) is 2. The lowest BCUT2D eigenvalue weighted by atomic mass is 10.3. The number of anilines is 2. The van der Waals surface area contributed by atoms with Crippen LogP contribution in [0.25, 0.3) is 0 Å². The van der Waals surface area contributed by atoms with E-state index in [0.717, 1.165) is 15.8 Å². The fourth-order valence-electron chi connectivity index (χ4n) is 2.11. The Morgan fingerprint density at radius 3 is 2.32 bits per heavy atom. The molecule has 0 saturated heterocycles. The molecule has 2 N–H and O–H groups in total. The summed E-state index contributed by atoms with van der Waals surface area (Å²) in [6.07, 6.45) is 4.85. The topological polar surface area (TPSA) is 68.1 Å². The van der Waals surface area contributed by atoms with Gasteiger partial charge in [-0.2, -0.15) is 0 Å². The second-order valence-electron chi connectivity index (χ2n) is 5.14. The Balaban J connectivity index is 2.09. The first-order valence-electron chi connectivity index (χ1n) is 7.00. The summed E-state index contributed by atoms with van der Waals surface area (Å²) in [5, 5.41) is 5.65. The van der Waals surface area contributed by atoms with Crippen LogP contribution in [0.1, 0.15) is 30.3 Å². The van der Waals surface area contributed by atoms with Crippen molar-refractivity contribution in [3.05, 3.63) is 33.9 Å². The average molecular weight is 414 g/mol.